The van der Waals surface area contributed by atoms with Crippen LogP contribution >= 0.6 is 0 Å². The van der Waals surface area contributed by atoms with E-state index >= 15 is 0 Å². The van der Waals surface area contributed by atoms with Crippen molar-refractivity contribution in [2.75, 3.05) is 26.2 Å². The molecule has 1 atom stereocenters. The minimum atomic E-state index is -3.60. The Bertz CT molecular complexity index is 779. The van der Waals surface area contributed by atoms with Crippen LogP contribution in [-0.4, -0.2) is 64.5 Å². The van der Waals surface area contributed by atoms with Crippen molar-refractivity contribution in [2.45, 2.75) is 57.0 Å². The molecule has 1 unspecified atom stereocenters. The molecule has 8 heteroatoms. The van der Waals surface area contributed by atoms with Crippen LogP contribution in [0.1, 0.15) is 50.6 Å². The molecule has 148 valence electrons. The summed E-state index contributed by atoms with van der Waals surface area (Å²) in [5.74, 6) is -0.0440. The Morgan fingerprint density at radius 3 is 2.41 bits per heavy atom. The molecule has 4 rings (SSSR count). The van der Waals surface area contributed by atoms with Crippen LogP contribution in [0.2, 0.25) is 0 Å². The van der Waals surface area contributed by atoms with Crippen molar-refractivity contribution in [2.24, 2.45) is 0 Å². The number of piperidine rings is 2. The third kappa shape index (κ3) is 3.39. The maximum absolute atomic E-state index is 13.5. The second kappa shape index (κ2) is 7.48. The third-order valence-electron chi connectivity index (χ3n) is 6.13. The van der Waals surface area contributed by atoms with Gasteiger partial charge in [-0.05, 0) is 50.7 Å². The fourth-order valence-electron chi connectivity index (χ4n) is 4.79. The molecule has 0 saturated carbocycles. The minimum absolute atomic E-state index is 0.0440. The number of likely N-dealkylation sites (tertiary alicyclic amines) is 1. The van der Waals surface area contributed by atoms with Crippen LogP contribution in [0.15, 0.2) is 24.4 Å². The molecule has 1 aromatic rings. The molecule has 0 radical (unpaired) electrons. The van der Waals surface area contributed by atoms with Gasteiger partial charge in [0.15, 0.2) is 0 Å². The fraction of sp³-hybridized carbons (Fsp3) is 0.684. The number of rotatable bonds is 4. The van der Waals surface area contributed by atoms with E-state index < -0.39 is 15.7 Å². The molecule has 3 aliphatic rings. The molecule has 3 saturated heterocycles. The number of carbonyl (C=O) groups is 1. The van der Waals surface area contributed by atoms with Gasteiger partial charge in [0.2, 0.25) is 5.91 Å². The van der Waals surface area contributed by atoms with Crippen LogP contribution in [0, 0.1) is 0 Å². The van der Waals surface area contributed by atoms with Crippen LogP contribution in [-0.2, 0) is 21.5 Å². The standard InChI is InChI=1S/C19H28N4O3S/c24-18-19(9-6-12-21(18)16-17-8-2-3-11-20-17)10-7-15-23(19)27(25,26)22-13-4-1-5-14-22/h2-3,8,11H,1,4-7,9-10,12-16H2. The van der Waals surface area contributed by atoms with Crippen molar-refractivity contribution in [3.63, 3.8) is 0 Å². The van der Waals surface area contributed by atoms with E-state index in [0.717, 1.165) is 37.8 Å². The molecule has 3 fully saturated rings. The second-order valence-electron chi connectivity index (χ2n) is 7.83. The summed E-state index contributed by atoms with van der Waals surface area (Å²) in [6.45, 7) is 2.69. The Balaban J connectivity index is 1.59. The predicted octanol–water partition coefficient (Wildman–Crippen LogP) is 1.77. The normalized spacial score (nSPS) is 28.1. The first kappa shape index (κ1) is 18.8. The van der Waals surface area contributed by atoms with Gasteiger partial charge < -0.3 is 4.90 Å². The molecule has 0 N–H and O–H groups in total. The number of hydrogen-bond donors (Lipinski definition) is 0. The predicted molar refractivity (Wildman–Crippen MR) is 102 cm³/mol. The summed E-state index contributed by atoms with van der Waals surface area (Å²) >= 11 is 0. The first-order chi connectivity index (χ1) is 13.0. The van der Waals surface area contributed by atoms with Crippen molar-refractivity contribution in [3.8, 4) is 0 Å². The van der Waals surface area contributed by atoms with Crippen molar-refractivity contribution < 1.29 is 13.2 Å². The highest BCUT2D eigenvalue weighted by Crippen LogP contribution is 2.41. The third-order valence-corrected chi connectivity index (χ3v) is 8.24. The average Bonchev–Trinajstić information content (AvgIpc) is 3.12. The lowest BCUT2D eigenvalue weighted by Crippen LogP contribution is -2.63. The molecule has 0 aliphatic carbocycles. The fourth-order valence-corrected chi connectivity index (χ4v) is 6.85. The Labute approximate surface area is 161 Å². The van der Waals surface area contributed by atoms with Crippen molar-refractivity contribution in [1.82, 2.24) is 18.5 Å². The van der Waals surface area contributed by atoms with E-state index in [-0.39, 0.29) is 5.91 Å². The molecular formula is C19H28N4O3S. The lowest BCUT2D eigenvalue weighted by atomic mass is 9.86. The molecule has 4 heterocycles. The van der Waals surface area contributed by atoms with Gasteiger partial charge in [0.25, 0.3) is 10.2 Å². The van der Waals surface area contributed by atoms with Gasteiger partial charge in [-0.3, -0.25) is 9.78 Å². The number of hydrogen-bond acceptors (Lipinski definition) is 4. The molecule has 0 bridgehead atoms. The number of pyridine rings is 1. The molecular weight excluding hydrogens is 364 g/mol. The van der Waals surface area contributed by atoms with Crippen LogP contribution < -0.4 is 0 Å². The Morgan fingerprint density at radius 2 is 1.70 bits per heavy atom. The summed E-state index contributed by atoms with van der Waals surface area (Å²) in [6.07, 6.45) is 7.42. The number of nitrogens with zero attached hydrogens (tertiary/aromatic N) is 4. The van der Waals surface area contributed by atoms with Crippen LogP contribution in [0.25, 0.3) is 0 Å². The maximum Gasteiger partial charge on any atom is 0.282 e. The maximum atomic E-state index is 13.5. The van der Waals surface area contributed by atoms with E-state index in [2.05, 4.69) is 4.98 Å². The smallest absolute Gasteiger partial charge is 0.282 e. The van der Waals surface area contributed by atoms with Crippen LogP contribution in [0.3, 0.4) is 0 Å². The van der Waals surface area contributed by atoms with Crippen molar-refractivity contribution >= 4 is 16.1 Å². The van der Waals surface area contributed by atoms with Gasteiger partial charge in [0, 0.05) is 32.4 Å². The molecule has 0 aromatic carbocycles. The molecule has 7 nitrogen and oxygen atoms in total. The van der Waals surface area contributed by atoms with Crippen molar-refractivity contribution in [1.29, 1.82) is 0 Å². The highest BCUT2D eigenvalue weighted by Gasteiger charge is 2.56. The van der Waals surface area contributed by atoms with Gasteiger partial charge in [-0.1, -0.05) is 12.5 Å². The summed E-state index contributed by atoms with van der Waals surface area (Å²) in [7, 11) is -3.60. The van der Waals surface area contributed by atoms with Crippen molar-refractivity contribution in [3.05, 3.63) is 30.1 Å². The summed E-state index contributed by atoms with van der Waals surface area (Å²) in [5.41, 5.74) is -0.0603. The van der Waals surface area contributed by atoms with Gasteiger partial charge in [-0.25, -0.2) is 0 Å². The topological polar surface area (TPSA) is 73.8 Å². The number of aromatic nitrogens is 1. The highest BCUT2D eigenvalue weighted by molar-refractivity contribution is 7.86. The van der Waals surface area contributed by atoms with Gasteiger partial charge in [-0.2, -0.15) is 17.0 Å². The average molecular weight is 393 g/mol. The van der Waals surface area contributed by atoms with Gasteiger partial charge in [-0.15, -0.1) is 0 Å². The largest absolute Gasteiger partial charge is 0.335 e. The molecule has 1 aromatic heterocycles. The Hall–Kier alpha value is -1.51. The Kier molecular flexibility index (Phi) is 5.22. The first-order valence-corrected chi connectivity index (χ1v) is 11.4. The molecule has 1 spiro atoms. The minimum Gasteiger partial charge on any atom is -0.335 e. The zero-order chi connectivity index (χ0) is 18.9. The highest BCUT2D eigenvalue weighted by atomic mass is 32.2. The summed E-state index contributed by atoms with van der Waals surface area (Å²) in [5, 5.41) is 0. The molecule has 3 aliphatic heterocycles. The van der Waals surface area contributed by atoms with Crippen LogP contribution in [0.5, 0.6) is 0 Å². The lowest BCUT2D eigenvalue weighted by Gasteiger charge is -2.45. The summed E-state index contributed by atoms with van der Waals surface area (Å²) in [6, 6.07) is 5.67. The van der Waals surface area contributed by atoms with Gasteiger partial charge in [0.1, 0.15) is 5.54 Å². The van der Waals surface area contributed by atoms with E-state index in [1.54, 1.807) is 15.4 Å². The summed E-state index contributed by atoms with van der Waals surface area (Å²) in [4.78, 5) is 19.6. The van der Waals surface area contributed by atoms with Crippen LogP contribution in [0.4, 0.5) is 0 Å². The first-order valence-electron chi connectivity index (χ1n) is 10.0. The zero-order valence-electron chi connectivity index (χ0n) is 15.7. The SMILES string of the molecule is O=C1N(Cc2ccccn2)CCCC12CCCN2S(=O)(=O)N1CCCCC1. The quantitative estimate of drug-likeness (QED) is 0.783. The van der Waals surface area contributed by atoms with E-state index in [1.807, 2.05) is 18.2 Å². The van der Waals surface area contributed by atoms with Gasteiger partial charge in [0.05, 0.1) is 12.2 Å². The summed E-state index contributed by atoms with van der Waals surface area (Å²) < 4.78 is 29.8. The van der Waals surface area contributed by atoms with E-state index in [4.69, 9.17) is 0 Å². The zero-order valence-corrected chi connectivity index (χ0v) is 16.5. The molecule has 1 amide bonds. The lowest BCUT2D eigenvalue weighted by molar-refractivity contribution is -0.145. The van der Waals surface area contributed by atoms with Gasteiger partial charge >= 0.3 is 0 Å². The van der Waals surface area contributed by atoms with E-state index in [9.17, 15) is 13.2 Å². The van der Waals surface area contributed by atoms with E-state index in [0.29, 0.717) is 45.6 Å². The number of carbonyl (C=O) groups excluding carboxylic acids is 1. The Morgan fingerprint density at radius 1 is 0.963 bits per heavy atom. The molecule has 27 heavy (non-hydrogen) atoms. The second-order valence-corrected chi connectivity index (χ2v) is 9.68. The van der Waals surface area contributed by atoms with E-state index in [1.165, 1.54) is 4.31 Å². The monoisotopic (exact) mass is 392 g/mol. The number of amides is 1.